The Labute approximate surface area is 205 Å². The highest BCUT2D eigenvalue weighted by atomic mass is 32.1. The van der Waals surface area contributed by atoms with Gasteiger partial charge in [0.1, 0.15) is 40.7 Å². The van der Waals surface area contributed by atoms with Gasteiger partial charge in [-0.3, -0.25) is 0 Å². The fourth-order valence-corrected chi connectivity index (χ4v) is 3.77. The van der Waals surface area contributed by atoms with E-state index in [0.717, 1.165) is 43.3 Å². The van der Waals surface area contributed by atoms with Gasteiger partial charge in [0.05, 0.1) is 16.7 Å². The predicted molar refractivity (Wildman–Crippen MR) is 120 cm³/mol. The van der Waals surface area contributed by atoms with Gasteiger partial charge in [0, 0.05) is 22.6 Å². The van der Waals surface area contributed by atoms with Crippen LogP contribution < -0.4 is 4.74 Å². The molecule has 0 saturated carbocycles. The van der Waals surface area contributed by atoms with Gasteiger partial charge in [0.15, 0.2) is 0 Å². The van der Waals surface area contributed by atoms with Crippen LogP contribution >= 0.6 is 12.6 Å². The summed E-state index contributed by atoms with van der Waals surface area (Å²) in [5.74, 6) is -7.67. The lowest BCUT2D eigenvalue weighted by molar-refractivity contribution is -0.185. The van der Waals surface area contributed by atoms with E-state index < -0.39 is 69.0 Å². The summed E-state index contributed by atoms with van der Waals surface area (Å²) >= 11 is 3.86. The van der Waals surface area contributed by atoms with Crippen LogP contribution in [0.3, 0.4) is 0 Å². The van der Waals surface area contributed by atoms with Crippen molar-refractivity contribution in [3.63, 3.8) is 0 Å². The van der Waals surface area contributed by atoms with Gasteiger partial charge in [-0.2, -0.15) is 8.78 Å². The predicted octanol–water partition coefficient (Wildman–Crippen LogP) is 8.58. The number of hydrogen-bond acceptors (Lipinski definition) is 2. The molecule has 0 heterocycles. The van der Waals surface area contributed by atoms with E-state index in [1.807, 2.05) is 0 Å². The number of benzene rings is 4. The zero-order valence-corrected chi connectivity index (χ0v) is 19.0. The smallest absolute Gasteiger partial charge is 0.426 e. The van der Waals surface area contributed by atoms with Crippen molar-refractivity contribution < 1.29 is 39.9 Å². The molecule has 10 heteroatoms. The molecule has 4 aromatic carbocycles. The third-order valence-electron chi connectivity index (χ3n) is 5.37. The number of hydrogen-bond donors (Lipinski definition) is 1. The maximum absolute atomic E-state index is 14.7. The first-order valence-electron chi connectivity index (χ1n) is 10.2. The van der Waals surface area contributed by atoms with Crippen LogP contribution in [0.25, 0.3) is 22.3 Å². The molecule has 36 heavy (non-hydrogen) atoms. The van der Waals surface area contributed by atoms with Crippen LogP contribution in [0.15, 0.2) is 65.6 Å². The third kappa shape index (κ3) is 4.90. The Balaban J connectivity index is 1.62. The molecule has 0 aromatic heterocycles. The van der Waals surface area contributed by atoms with E-state index >= 15 is 0 Å². The van der Waals surface area contributed by atoms with Gasteiger partial charge in [-0.15, -0.1) is 12.6 Å². The van der Waals surface area contributed by atoms with E-state index in [0.29, 0.717) is 24.3 Å². The molecule has 0 atom stereocenters. The molecule has 4 rings (SSSR count). The van der Waals surface area contributed by atoms with Crippen molar-refractivity contribution in [1.29, 1.82) is 0 Å². The zero-order valence-electron chi connectivity index (χ0n) is 18.2. The first-order chi connectivity index (χ1) is 16.9. The van der Waals surface area contributed by atoms with E-state index in [2.05, 4.69) is 17.4 Å². The van der Waals surface area contributed by atoms with Gasteiger partial charge in [0.25, 0.3) is 0 Å². The Morgan fingerprint density at radius 3 is 1.56 bits per heavy atom. The molecule has 0 aliphatic heterocycles. The summed E-state index contributed by atoms with van der Waals surface area (Å²) in [6.07, 6.45) is -4.10. The van der Waals surface area contributed by atoms with Crippen LogP contribution in [-0.4, -0.2) is 0 Å². The first-order valence-corrected chi connectivity index (χ1v) is 10.6. The second-order valence-corrected chi connectivity index (χ2v) is 8.32. The third-order valence-corrected chi connectivity index (χ3v) is 5.63. The molecular weight excluding hydrogens is 512 g/mol. The van der Waals surface area contributed by atoms with Gasteiger partial charge >= 0.3 is 6.11 Å². The minimum absolute atomic E-state index is 0.0356. The highest BCUT2D eigenvalue weighted by Gasteiger charge is 2.35. The highest BCUT2D eigenvalue weighted by Crippen LogP contribution is 2.37. The molecule has 1 nitrogen and oxygen atoms in total. The van der Waals surface area contributed by atoms with Crippen molar-refractivity contribution in [2.24, 2.45) is 0 Å². The van der Waals surface area contributed by atoms with Crippen molar-refractivity contribution in [1.82, 2.24) is 0 Å². The number of thiol groups is 1. The van der Waals surface area contributed by atoms with Gasteiger partial charge in [-0.25, -0.2) is 26.3 Å². The molecule has 0 bridgehead atoms. The minimum atomic E-state index is -4.10. The molecule has 0 spiro atoms. The van der Waals surface area contributed by atoms with Crippen molar-refractivity contribution in [2.75, 3.05) is 0 Å². The Morgan fingerprint density at radius 1 is 0.611 bits per heavy atom. The maximum atomic E-state index is 14.7. The lowest BCUT2D eigenvalue weighted by Crippen LogP contribution is -2.22. The van der Waals surface area contributed by atoms with E-state index in [9.17, 15) is 35.1 Å². The quantitative estimate of drug-likeness (QED) is 0.202. The second kappa shape index (κ2) is 9.50. The van der Waals surface area contributed by atoms with E-state index in [1.54, 1.807) is 0 Å². The van der Waals surface area contributed by atoms with Crippen LogP contribution in [0, 0.1) is 41.8 Å². The lowest BCUT2D eigenvalue weighted by Gasteiger charge is -2.19. The molecule has 4 aromatic rings. The van der Waals surface area contributed by atoms with Crippen LogP contribution in [0.2, 0.25) is 0 Å². The van der Waals surface area contributed by atoms with Crippen LogP contribution in [-0.2, 0) is 6.11 Å². The van der Waals surface area contributed by atoms with Gasteiger partial charge in [-0.05, 0) is 54.4 Å². The Bertz CT molecular complexity index is 1400. The van der Waals surface area contributed by atoms with Crippen LogP contribution in [0.4, 0.5) is 35.1 Å². The van der Waals surface area contributed by atoms with Gasteiger partial charge < -0.3 is 4.74 Å². The zero-order chi connectivity index (χ0) is 26.4. The monoisotopic (exact) mass is 526 g/mol. The number of ether oxygens (including phenoxy) is 1. The van der Waals surface area contributed by atoms with Gasteiger partial charge in [0.2, 0.25) is 0 Å². The van der Waals surface area contributed by atoms with Crippen molar-refractivity contribution in [3.05, 3.63) is 107 Å². The molecule has 0 aliphatic carbocycles. The summed E-state index contributed by atoms with van der Waals surface area (Å²) in [6.45, 7) is 1.14. The van der Waals surface area contributed by atoms with Gasteiger partial charge in [-0.1, -0.05) is 12.1 Å². The number of alkyl halides is 2. The Kier molecular flexibility index (Phi) is 6.74. The van der Waals surface area contributed by atoms with E-state index in [-0.39, 0.29) is 16.0 Å². The summed E-state index contributed by atoms with van der Waals surface area (Å²) in [7, 11) is 0. The molecule has 186 valence electrons. The minimum Gasteiger partial charge on any atom is -0.429 e. The summed E-state index contributed by atoms with van der Waals surface area (Å²) in [5.41, 5.74) is -2.92. The van der Waals surface area contributed by atoms with E-state index in [1.165, 1.54) is 0 Å². The summed E-state index contributed by atoms with van der Waals surface area (Å²) < 4.78 is 119. The number of halogens is 8. The summed E-state index contributed by atoms with van der Waals surface area (Å²) in [6, 6.07) is 7.95. The molecule has 0 saturated heterocycles. The molecule has 0 fully saturated rings. The summed E-state index contributed by atoms with van der Waals surface area (Å²) in [5, 5.41) is 0. The maximum Gasteiger partial charge on any atom is 0.426 e. The fourth-order valence-electron chi connectivity index (χ4n) is 3.55. The first kappa shape index (κ1) is 25.6. The average molecular weight is 526 g/mol. The topological polar surface area (TPSA) is 9.23 Å². The number of rotatable bonds is 5. The van der Waals surface area contributed by atoms with Crippen LogP contribution in [0.5, 0.6) is 5.75 Å². The highest BCUT2D eigenvalue weighted by molar-refractivity contribution is 7.80. The summed E-state index contributed by atoms with van der Waals surface area (Å²) in [4.78, 5) is 0.0356. The molecule has 0 radical (unpaired) electrons. The second-order valence-electron chi connectivity index (χ2n) is 7.81. The normalized spacial score (nSPS) is 11.6. The van der Waals surface area contributed by atoms with Crippen molar-refractivity contribution in [3.8, 4) is 28.0 Å². The van der Waals surface area contributed by atoms with E-state index in [4.69, 9.17) is 0 Å². The fraction of sp³-hybridized carbons (Fsp3) is 0.0769. The van der Waals surface area contributed by atoms with Crippen molar-refractivity contribution in [2.45, 2.75) is 17.9 Å². The van der Waals surface area contributed by atoms with Crippen LogP contribution in [0.1, 0.15) is 11.1 Å². The lowest BCUT2D eigenvalue weighted by atomic mass is 10.0. The molecule has 0 N–H and O–H groups in total. The largest absolute Gasteiger partial charge is 0.429 e. The standard InChI is InChI=1S/C26H14F8OS/c1-12-18(27)6-14(7-19(12)28)25-20(29)8-16(9-21(25)30)35-26(33,34)15-4-2-13(3-5-15)24-22(31)10-17(36)11-23(24)32/h2-11,36H,1H3. The SMILES string of the molecule is Cc1c(F)cc(-c2c(F)cc(OC(F)(F)c3ccc(-c4c(F)cc(S)cc4F)cc3)cc2F)cc1F. The molecular formula is C26H14F8OS. The molecule has 0 aliphatic rings. The Morgan fingerprint density at radius 2 is 1.06 bits per heavy atom. The van der Waals surface area contributed by atoms with Crippen molar-refractivity contribution >= 4 is 12.6 Å². The Hall–Kier alpha value is -3.53. The molecule has 0 unspecified atom stereocenters. The molecule has 0 amide bonds. The average Bonchev–Trinajstić information content (AvgIpc) is 2.76.